The van der Waals surface area contributed by atoms with Gasteiger partial charge < -0.3 is 20.5 Å². The number of amides is 1. The van der Waals surface area contributed by atoms with Crippen molar-refractivity contribution in [3.63, 3.8) is 0 Å². The minimum Gasteiger partial charge on any atom is -0.444 e. The standard InChI is InChI=1S/C24H32N2O3/c1-24(2,3)29-23(28)26-21(13-17-9-5-4-6-10-17)22(27)16-25-20-14-18-11-7-8-12-19(18)15-20/h4-12,20-22,25,27H,13-16H2,1-3H3,(H,26,28)/t21-,22+/m0/s1. The first-order valence-electron chi connectivity index (χ1n) is 10.3. The van der Waals surface area contributed by atoms with Gasteiger partial charge in [0.1, 0.15) is 5.60 Å². The van der Waals surface area contributed by atoms with E-state index in [4.69, 9.17) is 4.74 Å². The van der Waals surface area contributed by atoms with Crippen LogP contribution in [0, 0.1) is 0 Å². The van der Waals surface area contributed by atoms with E-state index in [0.717, 1.165) is 18.4 Å². The third-order valence-electron chi connectivity index (χ3n) is 5.13. The van der Waals surface area contributed by atoms with Crippen LogP contribution in [0.25, 0.3) is 0 Å². The van der Waals surface area contributed by atoms with E-state index in [9.17, 15) is 9.90 Å². The number of carbonyl (C=O) groups excluding carboxylic acids is 1. The highest BCUT2D eigenvalue weighted by Gasteiger charge is 2.27. The molecular weight excluding hydrogens is 364 g/mol. The van der Waals surface area contributed by atoms with Crippen LogP contribution in [-0.2, 0) is 24.0 Å². The molecule has 0 radical (unpaired) electrons. The Morgan fingerprint density at radius 2 is 1.66 bits per heavy atom. The summed E-state index contributed by atoms with van der Waals surface area (Å²) in [5, 5.41) is 17.2. The van der Waals surface area contributed by atoms with Crippen LogP contribution in [0.3, 0.4) is 0 Å². The van der Waals surface area contributed by atoms with Crippen molar-refractivity contribution in [3.05, 3.63) is 71.3 Å². The van der Waals surface area contributed by atoms with E-state index in [2.05, 4.69) is 34.9 Å². The van der Waals surface area contributed by atoms with Gasteiger partial charge >= 0.3 is 6.09 Å². The second-order valence-electron chi connectivity index (χ2n) is 8.79. The van der Waals surface area contributed by atoms with E-state index >= 15 is 0 Å². The Labute approximate surface area is 173 Å². The molecule has 2 aromatic carbocycles. The van der Waals surface area contributed by atoms with Gasteiger partial charge in [0.05, 0.1) is 12.1 Å². The first-order chi connectivity index (χ1) is 13.8. The van der Waals surface area contributed by atoms with Gasteiger partial charge in [-0.3, -0.25) is 0 Å². The van der Waals surface area contributed by atoms with Crippen LogP contribution in [0.2, 0.25) is 0 Å². The predicted molar refractivity (Wildman–Crippen MR) is 115 cm³/mol. The molecule has 29 heavy (non-hydrogen) atoms. The third kappa shape index (κ3) is 6.58. The molecule has 0 fully saturated rings. The number of aliphatic hydroxyl groups is 1. The van der Waals surface area contributed by atoms with Crippen molar-refractivity contribution in [3.8, 4) is 0 Å². The minimum absolute atomic E-state index is 0.306. The number of rotatable bonds is 7. The number of ether oxygens (including phenoxy) is 1. The van der Waals surface area contributed by atoms with Gasteiger partial charge in [0.2, 0.25) is 0 Å². The van der Waals surface area contributed by atoms with Crippen LogP contribution < -0.4 is 10.6 Å². The molecule has 2 aromatic rings. The maximum Gasteiger partial charge on any atom is 0.407 e. The fraction of sp³-hybridized carbons (Fsp3) is 0.458. The smallest absolute Gasteiger partial charge is 0.407 e. The Bertz CT molecular complexity index is 776. The van der Waals surface area contributed by atoms with Gasteiger partial charge in [-0.25, -0.2) is 4.79 Å². The van der Waals surface area contributed by atoms with Crippen LogP contribution >= 0.6 is 0 Å². The summed E-state index contributed by atoms with van der Waals surface area (Å²) in [4.78, 5) is 12.3. The summed E-state index contributed by atoms with van der Waals surface area (Å²) in [7, 11) is 0. The summed E-state index contributed by atoms with van der Waals surface area (Å²) >= 11 is 0. The number of alkyl carbamates (subject to hydrolysis) is 1. The molecule has 0 saturated heterocycles. The zero-order chi connectivity index (χ0) is 20.9. The molecule has 0 spiro atoms. The van der Waals surface area contributed by atoms with Crippen LogP contribution in [0.4, 0.5) is 4.79 Å². The highest BCUT2D eigenvalue weighted by Crippen LogP contribution is 2.21. The first-order valence-corrected chi connectivity index (χ1v) is 10.3. The molecule has 3 N–H and O–H groups in total. The molecule has 0 aliphatic heterocycles. The molecule has 0 aromatic heterocycles. The van der Waals surface area contributed by atoms with Crippen molar-refractivity contribution in [2.24, 2.45) is 0 Å². The topological polar surface area (TPSA) is 70.6 Å². The molecule has 1 aliphatic rings. The van der Waals surface area contributed by atoms with Crippen molar-refractivity contribution in [2.75, 3.05) is 6.54 Å². The Morgan fingerprint density at radius 3 is 2.24 bits per heavy atom. The Kier molecular flexibility index (Phi) is 6.93. The first kappa shape index (κ1) is 21.3. The normalized spacial score (nSPS) is 16.1. The fourth-order valence-corrected chi connectivity index (χ4v) is 3.74. The van der Waals surface area contributed by atoms with Crippen LogP contribution in [0.1, 0.15) is 37.5 Å². The SMILES string of the molecule is CC(C)(C)OC(=O)N[C@@H](Cc1ccccc1)[C@H](O)CNC1Cc2ccccc2C1. The van der Waals surface area contributed by atoms with Crippen molar-refractivity contribution in [2.45, 2.75) is 63.8 Å². The zero-order valence-electron chi connectivity index (χ0n) is 17.5. The van der Waals surface area contributed by atoms with Gasteiger partial charge in [0.15, 0.2) is 0 Å². The lowest BCUT2D eigenvalue weighted by Gasteiger charge is -2.28. The second kappa shape index (κ2) is 9.42. The lowest BCUT2D eigenvalue weighted by Crippen LogP contribution is -2.51. The van der Waals surface area contributed by atoms with Gasteiger partial charge in [-0.2, -0.15) is 0 Å². The number of hydrogen-bond donors (Lipinski definition) is 3. The van der Waals surface area contributed by atoms with Crippen LogP contribution in [0.15, 0.2) is 54.6 Å². The van der Waals surface area contributed by atoms with Crippen LogP contribution in [-0.4, -0.2) is 41.5 Å². The zero-order valence-corrected chi connectivity index (χ0v) is 17.5. The molecule has 3 rings (SSSR count). The molecular formula is C24H32N2O3. The largest absolute Gasteiger partial charge is 0.444 e. The summed E-state index contributed by atoms with van der Waals surface area (Å²) in [5.41, 5.74) is 3.21. The Morgan fingerprint density at radius 1 is 1.07 bits per heavy atom. The number of hydrogen-bond acceptors (Lipinski definition) is 4. The van der Waals surface area contributed by atoms with Crippen molar-refractivity contribution >= 4 is 6.09 Å². The van der Waals surface area contributed by atoms with Crippen LogP contribution in [0.5, 0.6) is 0 Å². The summed E-state index contributed by atoms with van der Waals surface area (Å²) in [6, 6.07) is 18.2. The van der Waals surface area contributed by atoms with Crippen molar-refractivity contribution in [1.82, 2.24) is 10.6 Å². The van der Waals surface area contributed by atoms with Gasteiger partial charge in [-0.15, -0.1) is 0 Å². The molecule has 0 bridgehead atoms. The predicted octanol–water partition coefficient (Wildman–Crippen LogP) is 3.24. The second-order valence-corrected chi connectivity index (χ2v) is 8.79. The highest BCUT2D eigenvalue weighted by molar-refractivity contribution is 5.68. The van der Waals surface area contributed by atoms with E-state index in [0.29, 0.717) is 19.0 Å². The molecule has 1 aliphatic carbocycles. The fourth-order valence-electron chi connectivity index (χ4n) is 3.74. The molecule has 5 heteroatoms. The van der Waals surface area contributed by atoms with Gasteiger partial charge in [0.25, 0.3) is 0 Å². The number of aliphatic hydroxyl groups excluding tert-OH is 1. The molecule has 0 heterocycles. The number of fused-ring (bicyclic) bond motifs is 1. The van der Waals surface area contributed by atoms with Gasteiger partial charge in [-0.1, -0.05) is 54.6 Å². The van der Waals surface area contributed by atoms with E-state index in [-0.39, 0.29) is 0 Å². The lowest BCUT2D eigenvalue weighted by molar-refractivity contribution is 0.0420. The number of carbonyl (C=O) groups is 1. The van der Waals surface area contributed by atoms with Gasteiger partial charge in [-0.05, 0) is 56.7 Å². The minimum atomic E-state index is -0.730. The molecule has 0 saturated carbocycles. The molecule has 2 atom stereocenters. The molecule has 1 amide bonds. The van der Waals surface area contributed by atoms with Crippen molar-refractivity contribution in [1.29, 1.82) is 0 Å². The Hall–Kier alpha value is -2.37. The quantitative estimate of drug-likeness (QED) is 0.672. The Balaban J connectivity index is 1.59. The number of benzene rings is 2. The van der Waals surface area contributed by atoms with Crippen molar-refractivity contribution < 1.29 is 14.6 Å². The monoisotopic (exact) mass is 396 g/mol. The van der Waals surface area contributed by atoms with E-state index < -0.39 is 23.8 Å². The summed E-state index contributed by atoms with van der Waals surface area (Å²) in [6.07, 6.45) is 1.22. The average molecular weight is 397 g/mol. The van der Waals surface area contributed by atoms with E-state index in [1.807, 2.05) is 51.1 Å². The van der Waals surface area contributed by atoms with E-state index in [1.165, 1.54) is 11.1 Å². The van der Waals surface area contributed by atoms with E-state index in [1.54, 1.807) is 0 Å². The average Bonchev–Trinajstić information content (AvgIpc) is 3.08. The summed E-state index contributed by atoms with van der Waals surface area (Å²) in [5.74, 6) is 0. The maximum atomic E-state index is 12.3. The lowest BCUT2D eigenvalue weighted by atomic mass is 10.0. The van der Waals surface area contributed by atoms with Gasteiger partial charge in [0, 0.05) is 12.6 Å². The third-order valence-corrected chi connectivity index (χ3v) is 5.13. The summed E-state index contributed by atoms with van der Waals surface area (Å²) in [6.45, 7) is 5.89. The number of nitrogens with one attached hydrogen (secondary N) is 2. The maximum absolute atomic E-state index is 12.3. The molecule has 156 valence electrons. The summed E-state index contributed by atoms with van der Waals surface area (Å²) < 4.78 is 5.39. The molecule has 0 unspecified atom stereocenters. The highest BCUT2D eigenvalue weighted by atomic mass is 16.6. The molecule has 5 nitrogen and oxygen atoms in total.